The second-order valence-corrected chi connectivity index (χ2v) is 4.91. The van der Waals surface area contributed by atoms with Crippen LogP contribution in [-0.4, -0.2) is 23.7 Å². The van der Waals surface area contributed by atoms with Gasteiger partial charge in [-0.3, -0.25) is 4.79 Å². The summed E-state index contributed by atoms with van der Waals surface area (Å²) < 4.78 is 4.93. The van der Waals surface area contributed by atoms with Gasteiger partial charge in [-0.1, -0.05) is 46.1 Å². The summed E-state index contributed by atoms with van der Waals surface area (Å²) in [5.41, 5.74) is 0.00214. The Morgan fingerprint density at radius 1 is 1.17 bits per heavy atom. The molecule has 104 valence electrons. The zero-order valence-corrected chi connectivity index (χ0v) is 11.4. The SMILES string of the molecule is C=C(CC(=O)O)C(=O)OCCCCCCC(C)C. The third kappa shape index (κ3) is 9.87. The summed E-state index contributed by atoms with van der Waals surface area (Å²) in [5, 5.41) is 8.48. The molecule has 0 amide bonds. The summed E-state index contributed by atoms with van der Waals surface area (Å²) in [6.45, 7) is 8.14. The van der Waals surface area contributed by atoms with E-state index in [1.165, 1.54) is 12.8 Å². The van der Waals surface area contributed by atoms with Crippen LogP contribution in [0.1, 0.15) is 52.4 Å². The number of carbonyl (C=O) groups is 2. The fourth-order valence-electron chi connectivity index (χ4n) is 1.53. The highest BCUT2D eigenvalue weighted by molar-refractivity contribution is 5.92. The fourth-order valence-corrected chi connectivity index (χ4v) is 1.53. The predicted molar refractivity (Wildman–Crippen MR) is 70.3 cm³/mol. The average Bonchev–Trinajstić information content (AvgIpc) is 2.26. The van der Waals surface area contributed by atoms with Crippen molar-refractivity contribution in [2.45, 2.75) is 52.4 Å². The van der Waals surface area contributed by atoms with Gasteiger partial charge in [0.2, 0.25) is 0 Å². The Kier molecular flexibility index (Phi) is 8.97. The molecule has 0 radical (unpaired) electrons. The van der Waals surface area contributed by atoms with Crippen molar-refractivity contribution in [3.63, 3.8) is 0 Å². The van der Waals surface area contributed by atoms with Gasteiger partial charge in [0, 0.05) is 5.57 Å². The molecule has 0 aliphatic heterocycles. The van der Waals surface area contributed by atoms with Crippen LogP contribution in [0.15, 0.2) is 12.2 Å². The summed E-state index contributed by atoms with van der Waals surface area (Å²) in [6.07, 6.45) is 5.08. The molecule has 0 fully saturated rings. The van der Waals surface area contributed by atoms with Crippen molar-refractivity contribution in [3.05, 3.63) is 12.2 Å². The molecule has 0 aromatic carbocycles. The number of ether oxygens (including phenoxy) is 1. The van der Waals surface area contributed by atoms with Crippen molar-refractivity contribution in [2.24, 2.45) is 5.92 Å². The minimum absolute atomic E-state index is 0.00214. The lowest BCUT2D eigenvalue weighted by Crippen LogP contribution is -2.11. The van der Waals surface area contributed by atoms with E-state index < -0.39 is 11.9 Å². The Morgan fingerprint density at radius 3 is 2.33 bits per heavy atom. The Balaban J connectivity index is 3.46. The number of carboxylic acid groups (broad SMARTS) is 1. The molecule has 0 rings (SSSR count). The van der Waals surface area contributed by atoms with Gasteiger partial charge < -0.3 is 9.84 Å². The molecule has 0 aromatic rings. The number of aliphatic carboxylic acids is 1. The van der Waals surface area contributed by atoms with Crippen molar-refractivity contribution in [1.82, 2.24) is 0 Å². The van der Waals surface area contributed by atoms with Gasteiger partial charge >= 0.3 is 11.9 Å². The number of hydrogen-bond donors (Lipinski definition) is 1. The summed E-state index contributed by atoms with van der Waals surface area (Å²) >= 11 is 0. The Morgan fingerprint density at radius 2 is 1.78 bits per heavy atom. The summed E-state index contributed by atoms with van der Waals surface area (Å²) in [4.78, 5) is 21.6. The highest BCUT2D eigenvalue weighted by atomic mass is 16.5. The van der Waals surface area contributed by atoms with Gasteiger partial charge in [0.15, 0.2) is 0 Å². The van der Waals surface area contributed by atoms with Crippen LogP contribution in [0.4, 0.5) is 0 Å². The van der Waals surface area contributed by atoms with Crippen LogP contribution >= 0.6 is 0 Å². The third-order valence-corrected chi connectivity index (χ3v) is 2.56. The largest absolute Gasteiger partial charge is 0.481 e. The average molecular weight is 256 g/mol. The standard InChI is InChI=1S/C14H24O4/c1-11(2)8-6-4-5-7-9-18-14(17)12(3)10-13(15)16/h11H,3-10H2,1-2H3,(H,15,16). The molecule has 0 saturated carbocycles. The first-order valence-corrected chi connectivity index (χ1v) is 6.50. The molecule has 0 aromatic heterocycles. The summed E-state index contributed by atoms with van der Waals surface area (Å²) in [7, 11) is 0. The molecule has 0 saturated heterocycles. The van der Waals surface area contributed by atoms with Crippen LogP contribution in [0.5, 0.6) is 0 Å². The van der Waals surface area contributed by atoms with Gasteiger partial charge in [0.25, 0.3) is 0 Å². The van der Waals surface area contributed by atoms with Crippen molar-refractivity contribution < 1.29 is 19.4 Å². The molecule has 4 nitrogen and oxygen atoms in total. The van der Waals surface area contributed by atoms with Gasteiger partial charge in [-0.2, -0.15) is 0 Å². The third-order valence-electron chi connectivity index (χ3n) is 2.56. The number of carbonyl (C=O) groups excluding carboxylic acids is 1. The van der Waals surface area contributed by atoms with Crippen molar-refractivity contribution in [2.75, 3.05) is 6.61 Å². The molecule has 0 heterocycles. The van der Waals surface area contributed by atoms with Crippen molar-refractivity contribution >= 4 is 11.9 Å². The van der Waals surface area contributed by atoms with Gasteiger partial charge in [-0.15, -0.1) is 0 Å². The van der Waals surface area contributed by atoms with E-state index in [9.17, 15) is 9.59 Å². The Labute approximate surface area is 109 Å². The van der Waals surface area contributed by atoms with Gasteiger partial charge in [0.05, 0.1) is 13.0 Å². The van der Waals surface area contributed by atoms with Gasteiger partial charge in [0.1, 0.15) is 0 Å². The maximum Gasteiger partial charge on any atom is 0.333 e. The normalized spacial score (nSPS) is 10.4. The minimum atomic E-state index is -1.06. The maximum atomic E-state index is 11.3. The molecule has 18 heavy (non-hydrogen) atoms. The maximum absolute atomic E-state index is 11.3. The molecule has 4 heteroatoms. The molecule has 0 atom stereocenters. The molecule has 0 bridgehead atoms. The highest BCUT2D eigenvalue weighted by Gasteiger charge is 2.11. The Bertz CT molecular complexity index is 282. The smallest absolute Gasteiger partial charge is 0.333 e. The molecular formula is C14H24O4. The molecule has 0 unspecified atom stereocenters. The second-order valence-electron chi connectivity index (χ2n) is 4.91. The molecule has 0 aliphatic rings. The van der Waals surface area contributed by atoms with Crippen LogP contribution in [0.25, 0.3) is 0 Å². The highest BCUT2D eigenvalue weighted by Crippen LogP contribution is 2.09. The van der Waals surface area contributed by atoms with Crippen LogP contribution < -0.4 is 0 Å². The monoisotopic (exact) mass is 256 g/mol. The van der Waals surface area contributed by atoms with Crippen LogP contribution in [0, 0.1) is 5.92 Å². The number of carboxylic acids is 1. The van der Waals surface area contributed by atoms with E-state index in [-0.39, 0.29) is 12.0 Å². The quantitative estimate of drug-likeness (QED) is 0.370. The van der Waals surface area contributed by atoms with Gasteiger partial charge in [-0.05, 0) is 12.3 Å². The molecule has 0 aliphatic carbocycles. The number of esters is 1. The van der Waals surface area contributed by atoms with Crippen LogP contribution in [0.3, 0.4) is 0 Å². The van der Waals surface area contributed by atoms with Crippen molar-refractivity contribution in [3.8, 4) is 0 Å². The number of unbranched alkanes of at least 4 members (excludes halogenated alkanes) is 3. The first kappa shape index (κ1) is 16.7. The molecule has 0 spiro atoms. The van der Waals surface area contributed by atoms with E-state index in [4.69, 9.17) is 9.84 Å². The topological polar surface area (TPSA) is 63.6 Å². The predicted octanol–water partition coefficient (Wildman–Crippen LogP) is 3.17. The summed E-state index contributed by atoms with van der Waals surface area (Å²) in [5.74, 6) is -0.924. The lowest BCUT2D eigenvalue weighted by atomic mass is 10.0. The number of hydrogen-bond acceptors (Lipinski definition) is 3. The zero-order valence-electron chi connectivity index (χ0n) is 11.4. The minimum Gasteiger partial charge on any atom is -0.481 e. The lowest BCUT2D eigenvalue weighted by Gasteiger charge is -2.06. The Hall–Kier alpha value is -1.32. The lowest BCUT2D eigenvalue weighted by molar-refractivity contribution is -0.142. The first-order valence-electron chi connectivity index (χ1n) is 6.50. The van der Waals surface area contributed by atoms with E-state index in [1.807, 2.05) is 0 Å². The van der Waals surface area contributed by atoms with Gasteiger partial charge in [-0.25, -0.2) is 4.79 Å². The number of rotatable bonds is 10. The second kappa shape index (κ2) is 9.68. The molecule has 1 N–H and O–H groups in total. The molecular weight excluding hydrogens is 232 g/mol. The fraction of sp³-hybridized carbons (Fsp3) is 0.714. The van der Waals surface area contributed by atoms with E-state index in [1.54, 1.807) is 0 Å². The van der Waals surface area contributed by atoms with E-state index >= 15 is 0 Å². The van der Waals surface area contributed by atoms with E-state index in [2.05, 4.69) is 20.4 Å². The van der Waals surface area contributed by atoms with Crippen LogP contribution in [0.2, 0.25) is 0 Å². The van der Waals surface area contributed by atoms with Crippen molar-refractivity contribution in [1.29, 1.82) is 0 Å². The summed E-state index contributed by atoms with van der Waals surface area (Å²) in [6, 6.07) is 0. The van der Waals surface area contributed by atoms with E-state index in [0.29, 0.717) is 6.61 Å². The van der Waals surface area contributed by atoms with E-state index in [0.717, 1.165) is 25.2 Å². The zero-order chi connectivity index (χ0) is 14.0. The first-order chi connectivity index (χ1) is 8.43. The van der Waals surface area contributed by atoms with Crippen LogP contribution in [-0.2, 0) is 14.3 Å².